The molecule has 1 saturated carbocycles. The summed E-state index contributed by atoms with van der Waals surface area (Å²) >= 11 is 0. The van der Waals surface area contributed by atoms with Crippen molar-refractivity contribution in [1.29, 1.82) is 0 Å². The molecule has 19 heavy (non-hydrogen) atoms. The summed E-state index contributed by atoms with van der Waals surface area (Å²) in [6.45, 7) is 11.0. The minimum Gasteiger partial charge on any atom is -0.317 e. The third-order valence-electron chi connectivity index (χ3n) is 5.26. The van der Waals surface area contributed by atoms with Crippen molar-refractivity contribution in [3.63, 3.8) is 0 Å². The number of nitrogens with one attached hydrogen (secondary N) is 1. The Kier molecular flexibility index (Phi) is 6.15. The predicted molar refractivity (Wildman–Crippen MR) is 83.5 cm³/mol. The van der Waals surface area contributed by atoms with Crippen molar-refractivity contribution < 1.29 is 0 Å². The first kappa shape index (κ1) is 15.3. The van der Waals surface area contributed by atoms with E-state index in [1.807, 2.05) is 0 Å². The second-order valence-electron chi connectivity index (χ2n) is 6.93. The van der Waals surface area contributed by atoms with Crippen LogP contribution in [0.5, 0.6) is 0 Å². The highest BCUT2D eigenvalue weighted by molar-refractivity contribution is 4.90. The van der Waals surface area contributed by atoms with E-state index in [1.165, 1.54) is 64.6 Å². The van der Waals surface area contributed by atoms with Gasteiger partial charge in [0.25, 0.3) is 0 Å². The van der Waals surface area contributed by atoms with Gasteiger partial charge in [-0.15, -0.1) is 0 Å². The van der Waals surface area contributed by atoms with Crippen molar-refractivity contribution >= 4 is 0 Å². The van der Waals surface area contributed by atoms with Crippen molar-refractivity contribution in [3.05, 3.63) is 0 Å². The van der Waals surface area contributed by atoms with Gasteiger partial charge in [-0.2, -0.15) is 0 Å². The Morgan fingerprint density at radius 1 is 1.05 bits per heavy atom. The molecule has 2 unspecified atom stereocenters. The summed E-state index contributed by atoms with van der Waals surface area (Å²) in [4.78, 5) is 2.90. The Morgan fingerprint density at radius 2 is 1.74 bits per heavy atom. The van der Waals surface area contributed by atoms with Gasteiger partial charge in [0.05, 0.1) is 0 Å². The minimum atomic E-state index is 0.845. The summed E-state index contributed by atoms with van der Waals surface area (Å²) in [5.74, 6) is 1.84. The highest BCUT2D eigenvalue weighted by Gasteiger charge is 2.35. The molecule has 1 heterocycles. The van der Waals surface area contributed by atoms with Crippen molar-refractivity contribution in [2.45, 2.75) is 77.8 Å². The molecule has 2 rings (SSSR count). The SMILES string of the molecule is CCC(C)CC(CC)N(CC1CCNCC1)C1CC1. The summed E-state index contributed by atoms with van der Waals surface area (Å²) in [6, 6.07) is 1.78. The fourth-order valence-electron chi connectivity index (χ4n) is 3.53. The average Bonchev–Trinajstić information content (AvgIpc) is 3.28. The van der Waals surface area contributed by atoms with Gasteiger partial charge >= 0.3 is 0 Å². The fraction of sp³-hybridized carbons (Fsp3) is 1.00. The van der Waals surface area contributed by atoms with Crippen LogP contribution >= 0.6 is 0 Å². The van der Waals surface area contributed by atoms with Gasteiger partial charge in [0.2, 0.25) is 0 Å². The van der Waals surface area contributed by atoms with Gasteiger partial charge in [0.1, 0.15) is 0 Å². The fourth-order valence-corrected chi connectivity index (χ4v) is 3.53. The molecular weight excluding hydrogens is 232 g/mol. The Labute approximate surface area is 120 Å². The van der Waals surface area contributed by atoms with Crippen LogP contribution in [0.1, 0.15) is 65.7 Å². The van der Waals surface area contributed by atoms with Crippen LogP contribution in [0.3, 0.4) is 0 Å². The van der Waals surface area contributed by atoms with E-state index < -0.39 is 0 Å². The Hall–Kier alpha value is -0.0800. The van der Waals surface area contributed by atoms with Crippen molar-refractivity contribution in [2.24, 2.45) is 11.8 Å². The molecule has 2 atom stereocenters. The lowest BCUT2D eigenvalue weighted by molar-refractivity contribution is 0.121. The lowest BCUT2D eigenvalue weighted by Gasteiger charge is -2.37. The molecule has 0 radical (unpaired) electrons. The lowest BCUT2D eigenvalue weighted by atomic mass is 9.93. The number of piperidine rings is 1. The average molecular weight is 266 g/mol. The third-order valence-corrected chi connectivity index (χ3v) is 5.26. The van der Waals surface area contributed by atoms with E-state index in [0.29, 0.717) is 0 Å². The van der Waals surface area contributed by atoms with Gasteiger partial charge in [-0.1, -0.05) is 27.2 Å². The monoisotopic (exact) mass is 266 g/mol. The summed E-state index contributed by atoms with van der Waals surface area (Å²) < 4.78 is 0. The van der Waals surface area contributed by atoms with E-state index >= 15 is 0 Å². The molecule has 2 fully saturated rings. The van der Waals surface area contributed by atoms with Crippen LogP contribution in [0, 0.1) is 11.8 Å². The van der Waals surface area contributed by atoms with E-state index in [0.717, 1.165) is 23.9 Å². The van der Waals surface area contributed by atoms with E-state index in [4.69, 9.17) is 0 Å². The van der Waals surface area contributed by atoms with E-state index in [2.05, 4.69) is 31.0 Å². The Balaban J connectivity index is 1.88. The molecule has 0 spiro atoms. The molecule has 1 saturated heterocycles. The van der Waals surface area contributed by atoms with Crippen LogP contribution in [0.2, 0.25) is 0 Å². The molecular formula is C17H34N2. The molecule has 0 aromatic heterocycles. The molecule has 2 aliphatic rings. The minimum absolute atomic E-state index is 0.845. The van der Waals surface area contributed by atoms with Crippen molar-refractivity contribution in [1.82, 2.24) is 10.2 Å². The molecule has 0 aromatic rings. The Morgan fingerprint density at radius 3 is 2.26 bits per heavy atom. The van der Waals surface area contributed by atoms with Gasteiger partial charge in [-0.3, -0.25) is 4.90 Å². The predicted octanol–water partition coefficient (Wildman–Crippen LogP) is 3.67. The highest BCUT2D eigenvalue weighted by Crippen LogP contribution is 2.33. The molecule has 0 amide bonds. The van der Waals surface area contributed by atoms with Gasteiger partial charge in [-0.25, -0.2) is 0 Å². The molecule has 2 nitrogen and oxygen atoms in total. The largest absolute Gasteiger partial charge is 0.317 e. The second kappa shape index (κ2) is 7.64. The van der Waals surface area contributed by atoms with Crippen LogP contribution in [0.15, 0.2) is 0 Å². The second-order valence-corrected chi connectivity index (χ2v) is 6.93. The molecule has 0 bridgehead atoms. The van der Waals surface area contributed by atoms with E-state index in [1.54, 1.807) is 0 Å². The van der Waals surface area contributed by atoms with Gasteiger partial charge in [0, 0.05) is 18.6 Å². The van der Waals surface area contributed by atoms with Gasteiger partial charge < -0.3 is 5.32 Å². The van der Waals surface area contributed by atoms with Crippen LogP contribution in [0.4, 0.5) is 0 Å². The molecule has 1 N–H and O–H groups in total. The maximum Gasteiger partial charge on any atom is 0.00994 e. The topological polar surface area (TPSA) is 15.3 Å². The van der Waals surface area contributed by atoms with Crippen molar-refractivity contribution in [3.8, 4) is 0 Å². The van der Waals surface area contributed by atoms with Crippen LogP contribution < -0.4 is 5.32 Å². The first-order valence-electron chi connectivity index (χ1n) is 8.71. The summed E-state index contributed by atoms with van der Waals surface area (Å²) in [5.41, 5.74) is 0. The zero-order chi connectivity index (χ0) is 13.7. The quantitative estimate of drug-likeness (QED) is 0.721. The number of hydrogen-bond donors (Lipinski definition) is 1. The first-order valence-corrected chi connectivity index (χ1v) is 8.71. The molecule has 1 aliphatic carbocycles. The number of hydrogen-bond acceptors (Lipinski definition) is 2. The maximum absolute atomic E-state index is 3.50. The summed E-state index contributed by atoms with van der Waals surface area (Å²) in [6.07, 6.45) is 9.79. The first-order chi connectivity index (χ1) is 9.24. The normalized spacial score (nSPS) is 24.6. The van der Waals surface area contributed by atoms with Crippen LogP contribution in [0.25, 0.3) is 0 Å². The highest BCUT2D eigenvalue weighted by atomic mass is 15.2. The molecule has 1 aliphatic heterocycles. The van der Waals surface area contributed by atoms with Gasteiger partial charge in [-0.05, 0) is 63.5 Å². The molecule has 0 aromatic carbocycles. The standard InChI is InChI=1S/C17H34N2/c1-4-14(3)12-16(5-2)19(17-6-7-17)13-15-8-10-18-11-9-15/h14-18H,4-13H2,1-3H3. The zero-order valence-electron chi connectivity index (χ0n) is 13.3. The molecule has 112 valence electrons. The lowest BCUT2D eigenvalue weighted by Crippen LogP contribution is -2.43. The van der Waals surface area contributed by atoms with E-state index in [9.17, 15) is 0 Å². The Bertz CT molecular complexity index is 244. The smallest absolute Gasteiger partial charge is 0.00994 e. The van der Waals surface area contributed by atoms with Gasteiger partial charge in [0.15, 0.2) is 0 Å². The van der Waals surface area contributed by atoms with Crippen LogP contribution in [-0.4, -0.2) is 36.6 Å². The number of nitrogens with zero attached hydrogens (tertiary/aromatic N) is 1. The molecule has 2 heteroatoms. The third kappa shape index (κ3) is 4.75. The van der Waals surface area contributed by atoms with E-state index in [-0.39, 0.29) is 0 Å². The number of rotatable bonds is 8. The van der Waals surface area contributed by atoms with Crippen LogP contribution in [-0.2, 0) is 0 Å². The summed E-state index contributed by atoms with van der Waals surface area (Å²) in [7, 11) is 0. The summed E-state index contributed by atoms with van der Waals surface area (Å²) in [5, 5.41) is 3.50. The maximum atomic E-state index is 3.50. The zero-order valence-corrected chi connectivity index (χ0v) is 13.3. The van der Waals surface area contributed by atoms with Crippen molar-refractivity contribution in [2.75, 3.05) is 19.6 Å².